The molecule has 0 spiro atoms. The largest absolute Gasteiger partial charge is 0.490 e. The van der Waals surface area contributed by atoms with Gasteiger partial charge in [-0.25, -0.2) is 14.4 Å². The number of benzene rings is 1. The van der Waals surface area contributed by atoms with E-state index in [1.54, 1.807) is 24.4 Å². The van der Waals surface area contributed by atoms with Gasteiger partial charge in [-0.1, -0.05) is 11.6 Å². The fourth-order valence-electron chi connectivity index (χ4n) is 4.42. The molecule has 3 aromatic rings. The second kappa shape index (κ2) is 9.76. The van der Waals surface area contributed by atoms with Crippen LogP contribution in [0.15, 0.2) is 18.5 Å². The Morgan fingerprint density at radius 3 is 2.71 bits per heavy atom. The zero-order valence-electron chi connectivity index (χ0n) is 19.8. The summed E-state index contributed by atoms with van der Waals surface area (Å²) < 4.78 is 28.6. The fourth-order valence-corrected chi connectivity index (χ4v) is 4.64. The first-order chi connectivity index (χ1) is 16.2. The van der Waals surface area contributed by atoms with E-state index in [-0.39, 0.29) is 35.0 Å². The number of rotatable bonds is 6. The molecular weight excluding hydrogens is 461 g/mol. The highest BCUT2D eigenvalue weighted by Gasteiger charge is 2.31. The number of halogens is 2. The molecule has 1 aliphatic heterocycles. The van der Waals surface area contributed by atoms with Crippen LogP contribution in [0.5, 0.6) is 5.75 Å². The van der Waals surface area contributed by atoms with Crippen LogP contribution in [0.25, 0.3) is 5.52 Å². The van der Waals surface area contributed by atoms with Gasteiger partial charge in [-0.15, -0.1) is 0 Å². The molecule has 0 bridgehead atoms. The van der Waals surface area contributed by atoms with Crippen LogP contribution in [0, 0.1) is 12.7 Å². The highest BCUT2D eigenvalue weighted by molar-refractivity contribution is 6.31. The van der Waals surface area contributed by atoms with Crippen molar-refractivity contribution in [3.05, 3.63) is 51.9 Å². The standard InChI is InChI=1S/C24H29ClFN5O3/c1-13(2)34-22-15(12-18-29-14(3)21-23(27)28-7-10-31(18)21)11-17(25)20(26)19(22)24(32)30-8-5-16(33-4)6-9-30/h7,10-11,13,16H,5-6,8-9,12H2,1-4H3,(H2,27,28). The van der Waals surface area contributed by atoms with Gasteiger partial charge in [0, 0.05) is 44.6 Å². The maximum atomic E-state index is 15.4. The number of carbonyl (C=O) groups is 1. The zero-order chi connectivity index (χ0) is 24.6. The van der Waals surface area contributed by atoms with Crippen molar-refractivity contribution in [2.45, 2.75) is 52.2 Å². The van der Waals surface area contributed by atoms with Gasteiger partial charge in [-0.3, -0.25) is 9.20 Å². The van der Waals surface area contributed by atoms with E-state index in [0.29, 0.717) is 48.7 Å². The summed E-state index contributed by atoms with van der Waals surface area (Å²) in [6.45, 7) is 6.44. The van der Waals surface area contributed by atoms with Crippen LogP contribution in [-0.2, 0) is 11.2 Å². The smallest absolute Gasteiger partial charge is 0.260 e. The van der Waals surface area contributed by atoms with Crippen molar-refractivity contribution < 1.29 is 18.7 Å². The third kappa shape index (κ3) is 4.54. The molecular formula is C24H29ClFN5O3. The van der Waals surface area contributed by atoms with Crippen molar-refractivity contribution in [1.82, 2.24) is 19.3 Å². The number of aryl methyl sites for hydroxylation is 1. The number of hydrogen-bond donors (Lipinski definition) is 1. The van der Waals surface area contributed by atoms with Gasteiger partial charge in [-0.05, 0) is 39.7 Å². The summed E-state index contributed by atoms with van der Waals surface area (Å²) in [6, 6.07) is 1.50. The van der Waals surface area contributed by atoms with Crippen LogP contribution in [0.3, 0.4) is 0 Å². The molecule has 0 radical (unpaired) electrons. The third-order valence-electron chi connectivity index (χ3n) is 6.06. The van der Waals surface area contributed by atoms with E-state index in [1.165, 1.54) is 6.07 Å². The number of methoxy groups -OCH3 is 1. The van der Waals surface area contributed by atoms with Crippen LogP contribution in [0.2, 0.25) is 5.02 Å². The van der Waals surface area contributed by atoms with Crippen molar-refractivity contribution in [2.24, 2.45) is 0 Å². The molecule has 0 atom stereocenters. The molecule has 1 amide bonds. The minimum absolute atomic E-state index is 0.0918. The summed E-state index contributed by atoms with van der Waals surface area (Å²) in [4.78, 5) is 23.9. The lowest BCUT2D eigenvalue weighted by atomic mass is 10.0. The van der Waals surface area contributed by atoms with Crippen molar-refractivity contribution in [2.75, 3.05) is 25.9 Å². The van der Waals surface area contributed by atoms with Crippen molar-refractivity contribution in [1.29, 1.82) is 0 Å². The molecule has 1 saturated heterocycles. The van der Waals surface area contributed by atoms with Crippen LogP contribution in [-0.4, -0.2) is 57.6 Å². The molecule has 4 rings (SSSR count). The zero-order valence-corrected chi connectivity index (χ0v) is 20.5. The Balaban J connectivity index is 1.79. The normalized spacial score (nSPS) is 14.9. The molecule has 3 heterocycles. The average Bonchev–Trinajstić information content (AvgIpc) is 3.13. The number of aromatic nitrogens is 3. The highest BCUT2D eigenvalue weighted by atomic mass is 35.5. The number of ether oxygens (including phenoxy) is 2. The monoisotopic (exact) mass is 489 g/mol. The van der Waals surface area contributed by atoms with Gasteiger partial charge in [0.1, 0.15) is 28.5 Å². The third-order valence-corrected chi connectivity index (χ3v) is 6.33. The maximum Gasteiger partial charge on any atom is 0.260 e. The Kier molecular flexibility index (Phi) is 6.95. The van der Waals surface area contributed by atoms with E-state index in [0.717, 1.165) is 5.69 Å². The number of nitrogens with two attached hydrogens (primary N) is 1. The van der Waals surface area contributed by atoms with Crippen LogP contribution in [0.1, 0.15) is 54.1 Å². The van der Waals surface area contributed by atoms with Crippen molar-refractivity contribution >= 4 is 28.8 Å². The molecule has 2 N–H and O–H groups in total. The van der Waals surface area contributed by atoms with Gasteiger partial charge in [0.05, 0.1) is 22.9 Å². The van der Waals surface area contributed by atoms with E-state index in [4.69, 9.17) is 26.8 Å². The topological polar surface area (TPSA) is 95.0 Å². The van der Waals surface area contributed by atoms with Crippen LogP contribution < -0.4 is 10.5 Å². The summed E-state index contributed by atoms with van der Waals surface area (Å²) in [5, 5.41) is -0.139. The number of nitrogen functional groups attached to an aromatic ring is 1. The van der Waals surface area contributed by atoms with Crippen molar-refractivity contribution in [3.63, 3.8) is 0 Å². The first-order valence-electron chi connectivity index (χ1n) is 11.3. The predicted molar refractivity (Wildman–Crippen MR) is 128 cm³/mol. The van der Waals surface area contributed by atoms with Crippen molar-refractivity contribution in [3.8, 4) is 5.75 Å². The number of likely N-dealkylation sites (tertiary alicyclic amines) is 1. The molecule has 0 saturated carbocycles. The Bertz CT molecular complexity index is 1220. The Morgan fingerprint density at radius 2 is 2.06 bits per heavy atom. The Hall–Kier alpha value is -2.91. The fraction of sp³-hybridized carbons (Fsp3) is 0.458. The lowest BCUT2D eigenvalue weighted by Crippen LogP contribution is -2.41. The molecule has 0 unspecified atom stereocenters. The molecule has 8 nitrogen and oxygen atoms in total. The first kappa shape index (κ1) is 24.2. The second-order valence-electron chi connectivity index (χ2n) is 8.75. The molecule has 1 aliphatic rings. The number of fused-ring (bicyclic) bond motifs is 1. The quantitative estimate of drug-likeness (QED) is 0.561. The second-order valence-corrected chi connectivity index (χ2v) is 9.16. The summed E-state index contributed by atoms with van der Waals surface area (Å²) in [5.41, 5.74) is 7.89. The minimum Gasteiger partial charge on any atom is -0.490 e. The van der Waals surface area contributed by atoms with Gasteiger partial charge < -0.3 is 20.1 Å². The van der Waals surface area contributed by atoms with E-state index < -0.39 is 11.7 Å². The van der Waals surface area contributed by atoms with Gasteiger partial charge in [-0.2, -0.15) is 0 Å². The number of carbonyl (C=O) groups excluding carboxylic acids is 1. The van der Waals surface area contributed by atoms with Gasteiger partial charge in [0.2, 0.25) is 0 Å². The summed E-state index contributed by atoms with van der Waals surface area (Å²) in [5.74, 6) is -0.0177. The summed E-state index contributed by atoms with van der Waals surface area (Å²) >= 11 is 6.29. The SMILES string of the molecule is COC1CCN(C(=O)c2c(F)c(Cl)cc(Cc3nc(C)c4c(N)nccn34)c2OC(C)C)CC1. The molecule has 10 heteroatoms. The maximum absolute atomic E-state index is 15.4. The molecule has 2 aromatic heterocycles. The Morgan fingerprint density at radius 1 is 1.35 bits per heavy atom. The molecule has 0 aliphatic carbocycles. The van der Waals surface area contributed by atoms with E-state index >= 15 is 4.39 Å². The number of anilines is 1. The van der Waals surface area contributed by atoms with E-state index in [9.17, 15) is 4.79 Å². The molecule has 34 heavy (non-hydrogen) atoms. The lowest BCUT2D eigenvalue weighted by Gasteiger charge is -2.32. The lowest BCUT2D eigenvalue weighted by molar-refractivity contribution is 0.0345. The average molecular weight is 490 g/mol. The number of nitrogens with zero attached hydrogens (tertiary/aromatic N) is 4. The highest BCUT2D eigenvalue weighted by Crippen LogP contribution is 2.36. The number of amides is 1. The van der Waals surface area contributed by atoms with Gasteiger partial charge >= 0.3 is 0 Å². The molecule has 182 valence electrons. The predicted octanol–water partition coefficient (Wildman–Crippen LogP) is 4.04. The van der Waals surface area contributed by atoms with Crippen LogP contribution >= 0.6 is 11.6 Å². The number of hydrogen-bond acceptors (Lipinski definition) is 6. The van der Waals surface area contributed by atoms with E-state index in [1.807, 2.05) is 25.2 Å². The van der Waals surface area contributed by atoms with Gasteiger partial charge in [0.25, 0.3) is 5.91 Å². The summed E-state index contributed by atoms with van der Waals surface area (Å²) in [6.07, 6.45) is 4.79. The number of imidazole rings is 1. The first-order valence-corrected chi connectivity index (χ1v) is 11.7. The molecule has 1 fully saturated rings. The number of piperidine rings is 1. The minimum atomic E-state index is -0.780. The molecule has 1 aromatic carbocycles. The van der Waals surface area contributed by atoms with E-state index in [2.05, 4.69) is 9.97 Å². The Labute approximate surface area is 202 Å². The van der Waals surface area contributed by atoms with Crippen LogP contribution in [0.4, 0.5) is 10.2 Å². The summed E-state index contributed by atoms with van der Waals surface area (Å²) in [7, 11) is 1.66. The van der Waals surface area contributed by atoms with Gasteiger partial charge in [0.15, 0.2) is 5.82 Å².